The van der Waals surface area contributed by atoms with Gasteiger partial charge in [-0.3, -0.25) is 14.4 Å². The summed E-state index contributed by atoms with van der Waals surface area (Å²) in [6.07, 6.45) is 11.3. The monoisotopic (exact) mass is 574 g/mol. The van der Waals surface area contributed by atoms with Gasteiger partial charge >= 0.3 is 17.9 Å². The van der Waals surface area contributed by atoms with E-state index in [0.717, 1.165) is 32.1 Å². The van der Waals surface area contributed by atoms with Crippen LogP contribution in [-0.4, -0.2) is 47.4 Å². The van der Waals surface area contributed by atoms with Crippen molar-refractivity contribution >= 4 is 17.9 Å². The molecule has 41 heavy (non-hydrogen) atoms. The summed E-state index contributed by atoms with van der Waals surface area (Å²) in [5.74, 6) is 1.24. The number of fused-ring (bicyclic) bond motifs is 5. The van der Waals surface area contributed by atoms with E-state index in [1.807, 2.05) is 0 Å². The van der Waals surface area contributed by atoms with Gasteiger partial charge in [0.1, 0.15) is 12.2 Å². The molecule has 0 aromatic heterocycles. The Bertz CT molecular complexity index is 1030. The predicted molar refractivity (Wildman–Crippen MR) is 157 cm³/mol. The lowest BCUT2D eigenvalue weighted by atomic mass is 9.47. The van der Waals surface area contributed by atoms with Crippen LogP contribution in [-0.2, 0) is 28.6 Å². The normalized spacial score (nSPS) is 36.9. The van der Waals surface area contributed by atoms with Crippen LogP contribution in [0.15, 0.2) is 11.6 Å². The van der Waals surface area contributed by atoms with E-state index in [4.69, 9.17) is 14.2 Å². The topological polar surface area (TPSA) is 99.1 Å². The Morgan fingerprint density at radius 2 is 1.71 bits per heavy atom. The number of esters is 3. The van der Waals surface area contributed by atoms with Gasteiger partial charge in [0, 0.05) is 33.1 Å². The lowest BCUT2D eigenvalue weighted by Crippen LogP contribution is -2.51. The molecule has 7 heteroatoms. The van der Waals surface area contributed by atoms with Crippen LogP contribution in [0.25, 0.3) is 0 Å². The van der Waals surface area contributed by atoms with E-state index in [1.165, 1.54) is 45.6 Å². The largest absolute Gasteiger partial charge is 0.465 e. The molecule has 3 saturated carbocycles. The molecule has 1 N–H and O–H groups in total. The maximum Gasteiger partial charge on any atom is 0.302 e. The van der Waals surface area contributed by atoms with Crippen molar-refractivity contribution in [1.82, 2.24) is 0 Å². The minimum Gasteiger partial charge on any atom is -0.465 e. The Labute approximate surface area is 247 Å². The number of hydrogen-bond acceptors (Lipinski definition) is 7. The summed E-state index contributed by atoms with van der Waals surface area (Å²) in [5, 5.41) is 10.9. The Hall–Kier alpha value is -1.89. The van der Waals surface area contributed by atoms with Gasteiger partial charge in [-0.1, -0.05) is 32.4 Å². The third-order valence-electron chi connectivity index (χ3n) is 12.0. The van der Waals surface area contributed by atoms with Gasteiger partial charge in [-0.15, -0.1) is 0 Å². The summed E-state index contributed by atoms with van der Waals surface area (Å²) >= 11 is 0. The van der Waals surface area contributed by atoms with Crippen molar-refractivity contribution in [2.75, 3.05) is 6.61 Å². The van der Waals surface area contributed by atoms with Crippen LogP contribution in [0.2, 0.25) is 0 Å². The summed E-state index contributed by atoms with van der Waals surface area (Å²) < 4.78 is 16.9. The zero-order valence-electron chi connectivity index (χ0n) is 26.7. The van der Waals surface area contributed by atoms with E-state index >= 15 is 0 Å². The van der Waals surface area contributed by atoms with Gasteiger partial charge in [-0.2, -0.15) is 0 Å². The van der Waals surface area contributed by atoms with Crippen molar-refractivity contribution in [2.24, 2.45) is 46.3 Å². The predicted octanol–water partition coefficient (Wildman–Crippen LogP) is 6.41. The second-order valence-corrected chi connectivity index (χ2v) is 14.9. The molecular formula is C34H54O7. The fourth-order valence-corrected chi connectivity index (χ4v) is 9.77. The molecule has 0 saturated heterocycles. The second kappa shape index (κ2) is 12.0. The maximum atomic E-state index is 12.3. The summed E-state index contributed by atoms with van der Waals surface area (Å²) in [4.78, 5) is 35.4. The Kier molecular flexibility index (Phi) is 9.38. The number of rotatable bonds is 9. The standard InChI is InChI=1S/C34H54O7/c1-20(31(41-23(4)37)18-25(32(5,6)38)19-39-21(2)35)28-11-12-29-27-10-9-24-17-26(40-22(3)36)13-15-33(24,7)30(27)14-16-34(28,29)8/h9,20,25-31,38H,10-19H2,1-8H3/t20-,25?,26-,27-,28+,29-,30-,31+,33-,34+/m0/s1. The summed E-state index contributed by atoms with van der Waals surface area (Å²) in [7, 11) is 0. The molecule has 1 unspecified atom stereocenters. The third kappa shape index (κ3) is 6.55. The van der Waals surface area contributed by atoms with Crippen molar-refractivity contribution in [3.05, 3.63) is 11.6 Å². The molecule has 0 bridgehead atoms. The number of aliphatic hydroxyl groups is 1. The van der Waals surface area contributed by atoms with E-state index in [9.17, 15) is 19.5 Å². The van der Waals surface area contributed by atoms with Gasteiger partial charge in [0.15, 0.2) is 0 Å². The number of carbonyl (C=O) groups excluding carboxylic acids is 3. The van der Waals surface area contributed by atoms with Crippen LogP contribution in [0.5, 0.6) is 0 Å². The number of ether oxygens (including phenoxy) is 3. The highest BCUT2D eigenvalue weighted by Gasteiger charge is 2.60. The smallest absolute Gasteiger partial charge is 0.302 e. The highest BCUT2D eigenvalue weighted by atomic mass is 16.5. The van der Waals surface area contributed by atoms with Gasteiger partial charge in [0.2, 0.25) is 0 Å². The molecule has 0 spiro atoms. The molecule has 10 atom stereocenters. The highest BCUT2D eigenvalue weighted by Crippen LogP contribution is 2.67. The molecule has 7 nitrogen and oxygen atoms in total. The van der Waals surface area contributed by atoms with Crippen LogP contribution < -0.4 is 0 Å². The molecule has 0 aromatic rings. The lowest BCUT2D eigenvalue weighted by Gasteiger charge is -2.58. The Balaban J connectivity index is 1.53. The molecule has 0 radical (unpaired) electrons. The van der Waals surface area contributed by atoms with Crippen LogP contribution in [0.3, 0.4) is 0 Å². The van der Waals surface area contributed by atoms with Crippen LogP contribution in [0.4, 0.5) is 0 Å². The van der Waals surface area contributed by atoms with E-state index in [-0.39, 0.29) is 59.4 Å². The fraction of sp³-hybridized carbons (Fsp3) is 0.853. The SMILES string of the molecule is CC(=O)OCC(C[C@@H](OC(C)=O)[C@@H](C)[C@H]1CC[C@H]2[C@@H]3CC=C4C[C@@H](OC(C)=O)CC[C@]4(C)[C@H]3CC[C@]12C)C(C)(C)O. The Morgan fingerprint density at radius 1 is 1.00 bits per heavy atom. The van der Waals surface area contributed by atoms with Gasteiger partial charge in [0.25, 0.3) is 0 Å². The zero-order chi connectivity index (χ0) is 30.3. The van der Waals surface area contributed by atoms with Gasteiger partial charge in [-0.25, -0.2) is 0 Å². The number of hydrogen-bond donors (Lipinski definition) is 1. The first-order valence-corrected chi connectivity index (χ1v) is 16.0. The molecule has 4 aliphatic rings. The third-order valence-corrected chi connectivity index (χ3v) is 12.0. The second-order valence-electron chi connectivity index (χ2n) is 14.9. The molecule has 0 amide bonds. The van der Waals surface area contributed by atoms with E-state index in [1.54, 1.807) is 13.8 Å². The van der Waals surface area contributed by atoms with Gasteiger partial charge < -0.3 is 19.3 Å². The van der Waals surface area contributed by atoms with Gasteiger partial charge in [-0.05, 0) is 106 Å². The van der Waals surface area contributed by atoms with Crippen molar-refractivity contribution in [1.29, 1.82) is 0 Å². The molecule has 4 rings (SSSR count). The fourth-order valence-electron chi connectivity index (χ4n) is 9.77. The van der Waals surface area contributed by atoms with Crippen LogP contribution in [0, 0.1) is 46.3 Å². The average molecular weight is 575 g/mol. The first kappa shape index (κ1) is 32.0. The Morgan fingerprint density at radius 3 is 2.32 bits per heavy atom. The van der Waals surface area contributed by atoms with E-state index < -0.39 is 5.60 Å². The van der Waals surface area contributed by atoms with Crippen LogP contribution in [0.1, 0.15) is 113 Å². The van der Waals surface area contributed by atoms with Crippen molar-refractivity contribution < 1.29 is 33.7 Å². The molecular weight excluding hydrogens is 520 g/mol. The van der Waals surface area contributed by atoms with Crippen molar-refractivity contribution in [3.63, 3.8) is 0 Å². The minimum absolute atomic E-state index is 0.0146. The molecule has 0 heterocycles. The summed E-state index contributed by atoms with van der Waals surface area (Å²) in [5.41, 5.74) is 0.768. The average Bonchev–Trinajstić information content (AvgIpc) is 3.21. The van der Waals surface area contributed by atoms with Crippen LogP contribution >= 0.6 is 0 Å². The molecule has 232 valence electrons. The first-order valence-electron chi connectivity index (χ1n) is 16.0. The summed E-state index contributed by atoms with van der Waals surface area (Å²) in [6.45, 7) is 15.1. The van der Waals surface area contributed by atoms with Crippen molar-refractivity contribution in [3.8, 4) is 0 Å². The maximum absolute atomic E-state index is 12.3. The van der Waals surface area contributed by atoms with Crippen molar-refractivity contribution in [2.45, 2.75) is 131 Å². The minimum atomic E-state index is -1.08. The quantitative estimate of drug-likeness (QED) is 0.193. The number of allylic oxidation sites excluding steroid dienone is 1. The summed E-state index contributed by atoms with van der Waals surface area (Å²) in [6, 6.07) is 0. The lowest BCUT2D eigenvalue weighted by molar-refractivity contribution is -0.159. The number of carbonyl (C=O) groups is 3. The molecule has 0 aliphatic heterocycles. The van der Waals surface area contributed by atoms with E-state index in [2.05, 4.69) is 26.8 Å². The van der Waals surface area contributed by atoms with Gasteiger partial charge in [0.05, 0.1) is 12.2 Å². The molecule has 3 fully saturated rings. The first-order chi connectivity index (χ1) is 19.1. The zero-order valence-corrected chi connectivity index (χ0v) is 26.7. The van der Waals surface area contributed by atoms with E-state index in [0.29, 0.717) is 30.1 Å². The molecule has 4 aliphatic carbocycles. The molecule has 0 aromatic carbocycles. The highest BCUT2D eigenvalue weighted by molar-refractivity contribution is 5.66.